The van der Waals surface area contributed by atoms with Gasteiger partial charge in [0, 0.05) is 41.4 Å². The van der Waals surface area contributed by atoms with Crippen LogP contribution in [0.3, 0.4) is 0 Å². The summed E-state index contributed by atoms with van der Waals surface area (Å²) in [5, 5.41) is 3.70. The van der Waals surface area contributed by atoms with Gasteiger partial charge in [0.15, 0.2) is 5.82 Å². The monoisotopic (exact) mass is 840 g/mol. The quantitative estimate of drug-likeness (QED) is 0.135. The maximum absolute atomic E-state index is 5.40. The number of hydrogen-bond acceptors (Lipinski definition) is 4. The molecule has 11 rings (SSSR count). The average molecular weight is 841 g/mol. The second-order valence-electron chi connectivity index (χ2n) is 15.9. The third kappa shape index (κ3) is 7.50. The Kier molecular flexibility index (Phi) is 10.0. The van der Waals surface area contributed by atoms with Gasteiger partial charge in [0.1, 0.15) is 0 Å². The molecule has 0 aliphatic rings. The van der Waals surface area contributed by atoms with E-state index in [4.69, 9.17) is 9.97 Å². The van der Waals surface area contributed by atoms with Gasteiger partial charge >= 0.3 is 0 Å². The highest BCUT2D eigenvalue weighted by Crippen LogP contribution is 2.42. The first-order chi connectivity index (χ1) is 31.0. The zero-order valence-electron chi connectivity index (χ0n) is 34.6. The molecule has 0 atom stereocenters. The fraction of sp³-hybridized carbons (Fsp3) is 0.0169. The number of nitrogens with zero attached hydrogens (tertiary/aromatic N) is 2. The molecule has 11 aromatic rings. The van der Waals surface area contributed by atoms with Crippen LogP contribution in [-0.4, -0.2) is 9.97 Å². The molecule has 0 bridgehead atoms. The molecule has 0 fully saturated rings. The van der Waals surface area contributed by atoms with E-state index in [9.17, 15) is 0 Å². The first-order valence-corrected chi connectivity index (χ1v) is 22.8. The van der Waals surface area contributed by atoms with Crippen LogP contribution < -0.4 is 0 Å². The summed E-state index contributed by atoms with van der Waals surface area (Å²) >= 11 is 3.60. The van der Waals surface area contributed by atoms with Gasteiger partial charge in [0.25, 0.3) is 0 Å². The number of hydrogen-bond donors (Lipinski definition) is 0. The van der Waals surface area contributed by atoms with Gasteiger partial charge < -0.3 is 0 Å². The van der Waals surface area contributed by atoms with Crippen LogP contribution in [0, 0.1) is 0 Å². The molecule has 0 N–H and O–H groups in total. The largest absolute Gasteiger partial charge is 0.226 e. The van der Waals surface area contributed by atoms with Crippen LogP contribution in [-0.2, 0) is 0 Å². The van der Waals surface area contributed by atoms with Crippen molar-refractivity contribution in [2.75, 3.05) is 0 Å². The Labute approximate surface area is 375 Å². The van der Waals surface area contributed by atoms with Gasteiger partial charge in [0.05, 0.1) is 15.9 Å². The molecule has 0 saturated carbocycles. The summed E-state index contributed by atoms with van der Waals surface area (Å²) in [4.78, 5) is 10.8. The van der Waals surface area contributed by atoms with Crippen molar-refractivity contribution in [1.29, 1.82) is 0 Å². The lowest BCUT2D eigenvalue weighted by Gasteiger charge is -2.13. The van der Waals surface area contributed by atoms with E-state index < -0.39 is 0 Å². The van der Waals surface area contributed by atoms with Gasteiger partial charge in [-0.1, -0.05) is 170 Å². The summed E-state index contributed by atoms with van der Waals surface area (Å²) in [5.74, 6) is 0.706. The molecule has 0 aliphatic heterocycles. The van der Waals surface area contributed by atoms with E-state index in [1.807, 2.05) is 11.3 Å². The third-order valence-electron chi connectivity index (χ3n) is 11.8. The Morgan fingerprint density at radius 2 is 1.00 bits per heavy atom. The maximum Gasteiger partial charge on any atom is 0.160 e. The Morgan fingerprint density at radius 3 is 1.73 bits per heavy atom. The molecule has 2 nitrogen and oxygen atoms in total. The van der Waals surface area contributed by atoms with Gasteiger partial charge in [0.2, 0.25) is 0 Å². The summed E-state index contributed by atoms with van der Waals surface area (Å²) in [6, 6.07) is 71.3. The number of fused-ring (bicyclic) bond motifs is 6. The van der Waals surface area contributed by atoms with Gasteiger partial charge in [-0.25, -0.2) is 9.97 Å². The Bertz CT molecular complexity index is 3560. The lowest BCUT2D eigenvalue weighted by molar-refractivity contribution is 1.24. The summed E-state index contributed by atoms with van der Waals surface area (Å²) in [6.07, 6.45) is 4.46. The molecule has 4 heteroatoms. The molecular weight excluding hydrogens is 801 g/mol. The van der Waals surface area contributed by atoms with Crippen LogP contribution in [0.15, 0.2) is 219 Å². The number of aromatic nitrogens is 2. The number of benzene rings is 8. The highest BCUT2D eigenvalue weighted by atomic mass is 32.1. The molecule has 3 aromatic heterocycles. The van der Waals surface area contributed by atoms with Gasteiger partial charge in [-0.05, 0) is 111 Å². The predicted octanol–water partition coefficient (Wildman–Crippen LogP) is 17.1. The minimum Gasteiger partial charge on any atom is -0.226 e. The standard InChI is InChI=1S/C59H40N2S2/c1-38(40-16-6-3-7-17-40)32-46(42-18-8-4-9-19-42)33-39(2)41-26-28-43(29-27-41)47-34-48(45-30-31-55-52(37-45)50-22-12-14-24-53(50)62-55)36-49(35-47)59-60-56(44-20-10-5-11-21-44)58-57(61-59)51-23-13-15-25-54(51)63-58/h3-37H,2H2,1H3/b38-32+,46-33+. The van der Waals surface area contributed by atoms with Crippen molar-refractivity contribution < 1.29 is 0 Å². The molecule has 3 heterocycles. The van der Waals surface area contributed by atoms with Crippen LogP contribution in [0.4, 0.5) is 0 Å². The second kappa shape index (κ2) is 16.4. The lowest BCUT2D eigenvalue weighted by atomic mass is 9.93. The summed E-state index contributed by atoms with van der Waals surface area (Å²) in [6.45, 7) is 6.74. The van der Waals surface area contributed by atoms with Crippen LogP contribution in [0.1, 0.15) is 23.6 Å². The highest BCUT2D eigenvalue weighted by molar-refractivity contribution is 7.26. The van der Waals surface area contributed by atoms with Gasteiger partial charge in [-0.15, -0.1) is 22.7 Å². The van der Waals surface area contributed by atoms with Gasteiger partial charge in [-0.2, -0.15) is 0 Å². The van der Waals surface area contributed by atoms with Crippen molar-refractivity contribution in [2.24, 2.45) is 0 Å². The van der Waals surface area contributed by atoms with Gasteiger partial charge in [-0.3, -0.25) is 0 Å². The van der Waals surface area contributed by atoms with Crippen molar-refractivity contribution in [3.8, 4) is 44.9 Å². The minimum absolute atomic E-state index is 0.706. The average Bonchev–Trinajstić information content (AvgIpc) is 3.92. The van der Waals surface area contributed by atoms with E-state index >= 15 is 0 Å². The Morgan fingerprint density at radius 1 is 0.429 bits per heavy atom. The molecular formula is C59H40N2S2. The number of rotatable bonds is 9. The van der Waals surface area contributed by atoms with E-state index in [2.05, 4.69) is 226 Å². The molecule has 8 aromatic carbocycles. The summed E-state index contributed by atoms with van der Waals surface area (Å²) < 4.78 is 4.89. The van der Waals surface area contributed by atoms with Crippen LogP contribution in [0.25, 0.3) is 102 Å². The molecule has 0 amide bonds. The zero-order chi connectivity index (χ0) is 42.3. The fourth-order valence-electron chi connectivity index (χ4n) is 8.51. The smallest absolute Gasteiger partial charge is 0.160 e. The molecule has 298 valence electrons. The normalized spacial score (nSPS) is 12.1. The van der Waals surface area contributed by atoms with Crippen LogP contribution >= 0.6 is 22.7 Å². The van der Waals surface area contributed by atoms with E-state index in [-0.39, 0.29) is 0 Å². The number of thiophene rings is 2. The minimum atomic E-state index is 0.706. The predicted molar refractivity (Wildman–Crippen MR) is 273 cm³/mol. The van der Waals surface area contributed by atoms with E-state index in [1.165, 1.54) is 36.0 Å². The molecule has 0 saturated heterocycles. The Balaban J connectivity index is 1.04. The molecule has 0 radical (unpaired) electrons. The first kappa shape index (κ1) is 38.4. The fourth-order valence-corrected chi connectivity index (χ4v) is 10.8. The molecule has 0 spiro atoms. The van der Waals surface area contributed by atoms with Crippen LogP contribution in [0.2, 0.25) is 0 Å². The van der Waals surface area contributed by atoms with E-state index in [1.54, 1.807) is 11.3 Å². The van der Waals surface area contributed by atoms with Crippen molar-refractivity contribution >= 4 is 79.9 Å². The van der Waals surface area contributed by atoms with E-state index in [0.717, 1.165) is 77.0 Å². The third-order valence-corrected chi connectivity index (χ3v) is 14.1. The zero-order valence-corrected chi connectivity index (χ0v) is 36.3. The SMILES string of the molecule is C=C(/C=C(\C=C(/C)c1ccccc1)c1ccccc1)c1ccc(-c2cc(-c3ccc4sc5ccccc5c4c3)cc(-c3nc(-c4ccccc4)c4sc5ccccc5c4n3)c2)cc1. The molecule has 0 unspecified atom stereocenters. The second-order valence-corrected chi connectivity index (χ2v) is 18.0. The van der Waals surface area contributed by atoms with E-state index in [0.29, 0.717) is 5.82 Å². The van der Waals surface area contributed by atoms with Crippen molar-refractivity contribution in [1.82, 2.24) is 9.97 Å². The Hall–Kier alpha value is -7.50. The molecule has 63 heavy (non-hydrogen) atoms. The highest BCUT2D eigenvalue weighted by Gasteiger charge is 2.18. The molecule has 0 aliphatic carbocycles. The first-order valence-electron chi connectivity index (χ1n) is 21.1. The lowest BCUT2D eigenvalue weighted by Crippen LogP contribution is -1.95. The maximum atomic E-state index is 5.40. The van der Waals surface area contributed by atoms with Crippen LogP contribution in [0.5, 0.6) is 0 Å². The summed E-state index contributed by atoms with van der Waals surface area (Å²) in [5.41, 5.74) is 15.1. The van der Waals surface area contributed by atoms with Crippen molar-refractivity contribution in [3.63, 3.8) is 0 Å². The van der Waals surface area contributed by atoms with Crippen molar-refractivity contribution in [2.45, 2.75) is 6.92 Å². The van der Waals surface area contributed by atoms with Crippen molar-refractivity contribution in [3.05, 3.63) is 236 Å². The summed E-state index contributed by atoms with van der Waals surface area (Å²) in [7, 11) is 0. The number of allylic oxidation sites excluding steroid dienone is 5. The topological polar surface area (TPSA) is 25.8 Å².